The Hall–Kier alpha value is -1.75. The lowest BCUT2D eigenvalue weighted by Crippen LogP contribution is -2.10. The van der Waals surface area contributed by atoms with Crippen LogP contribution in [-0.4, -0.2) is 11.6 Å². The molecule has 0 aliphatic carbocycles. The Morgan fingerprint density at radius 2 is 1.79 bits per heavy atom. The zero-order valence-electron chi connectivity index (χ0n) is 10.5. The fraction of sp³-hybridized carbons (Fsp3) is 0.214. The smallest absolute Gasteiger partial charge is 0.248 e. The molecule has 0 atom stereocenters. The maximum absolute atomic E-state index is 11.3. The first kappa shape index (κ1) is 13.7. The molecule has 1 N–H and O–H groups in total. The van der Waals surface area contributed by atoms with Gasteiger partial charge in [0, 0.05) is 10.5 Å². The van der Waals surface area contributed by atoms with Gasteiger partial charge in [0.15, 0.2) is 11.5 Å². The minimum Gasteiger partial charge on any atom is -0.490 e. The summed E-state index contributed by atoms with van der Waals surface area (Å²) in [5, 5.41) is 0. The Morgan fingerprint density at radius 3 is 2.47 bits per heavy atom. The number of hydrogen-bond donors (Lipinski definition) is 1. The molecule has 0 bridgehead atoms. The summed E-state index contributed by atoms with van der Waals surface area (Å²) in [6.45, 7) is 2.76. The van der Waals surface area contributed by atoms with Gasteiger partial charge in [-0.2, -0.15) is 0 Å². The van der Waals surface area contributed by atoms with Crippen molar-refractivity contribution in [2.75, 3.05) is 6.61 Å². The highest BCUT2D eigenvalue weighted by Gasteiger charge is 2.06. The summed E-state index contributed by atoms with van der Waals surface area (Å²) in [7, 11) is 0. The minimum absolute atomic E-state index is 0.153. The second-order valence-corrected chi connectivity index (χ2v) is 4.67. The van der Waals surface area contributed by atoms with Crippen molar-refractivity contribution < 1.29 is 9.47 Å². The summed E-state index contributed by atoms with van der Waals surface area (Å²) in [5.74, 6) is 1.35. The zero-order valence-corrected chi connectivity index (χ0v) is 12.1. The van der Waals surface area contributed by atoms with Gasteiger partial charge in [0.05, 0.1) is 12.3 Å². The van der Waals surface area contributed by atoms with Gasteiger partial charge in [0.1, 0.15) is 6.61 Å². The number of pyridine rings is 1. The maximum Gasteiger partial charge on any atom is 0.248 e. The molecule has 19 heavy (non-hydrogen) atoms. The SMILES string of the molecule is CCOc1ccccc1OCc1[nH]c(=O)ccc1Br. The lowest BCUT2D eigenvalue weighted by atomic mass is 10.3. The molecule has 0 saturated heterocycles. The fourth-order valence-corrected chi connectivity index (χ4v) is 1.94. The Morgan fingerprint density at radius 1 is 1.11 bits per heavy atom. The second-order valence-electron chi connectivity index (χ2n) is 3.82. The van der Waals surface area contributed by atoms with E-state index in [2.05, 4.69) is 20.9 Å². The second kappa shape index (κ2) is 6.43. The summed E-state index contributed by atoms with van der Waals surface area (Å²) in [6.07, 6.45) is 0. The zero-order chi connectivity index (χ0) is 13.7. The van der Waals surface area contributed by atoms with Crippen LogP contribution in [0.4, 0.5) is 0 Å². The molecule has 2 rings (SSSR count). The molecule has 100 valence electrons. The molecule has 1 heterocycles. The van der Waals surface area contributed by atoms with Gasteiger partial charge in [-0.15, -0.1) is 0 Å². The highest BCUT2D eigenvalue weighted by molar-refractivity contribution is 9.10. The number of ether oxygens (including phenoxy) is 2. The quantitative estimate of drug-likeness (QED) is 0.919. The maximum atomic E-state index is 11.3. The number of aromatic amines is 1. The molecule has 0 spiro atoms. The van der Waals surface area contributed by atoms with E-state index in [9.17, 15) is 4.79 Å². The van der Waals surface area contributed by atoms with E-state index >= 15 is 0 Å². The largest absolute Gasteiger partial charge is 0.490 e. The number of nitrogens with one attached hydrogen (secondary N) is 1. The summed E-state index contributed by atoms with van der Waals surface area (Å²) >= 11 is 3.37. The van der Waals surface area contributed by atoms with Crippen LogP contribution in [0.5, 0.6) is 11.5 Å². The van der Waals surface area contributed by atoms with Gasteiger partial charge in [0.25, 0.3) is 0 Å². The molecule has 1 aromatic carbocycles. The molecule has 0 radical (unpaired) electrons. The number of benzene rings is 1. The van der Waals surface area contributed by atoms with Crippen LogP contribution in [0.3, 0.4) is 0 Å². The van der Waals surface area contributed by atoms with E-state index in [1.54, 1.807) is 6.07 Å². The topological polar surface area (TPSA) is 51.3 Å². The molecule has 1 aromatic heterocycles. The van der Waals surface area contributed by atoms with Crippen molar-refractivity contribution in [3.63, 3.8) is 0 Å². The third kappa shape index (κ3) is 3.61. The van der Waals surface area contributed by atoms with Crippen LogP contribution in [0, 0.1) is 0 Å². The summed E-state index contributed by atoms with van der Waals surface area (Å²) < 4.78 is 12.0. The molecular weight excluding hydrogens is 310 g/mol. The van der Waals surface area contributed by atoms with Gasteiger partial charge >= 0.3 is 0 Å². The van der Waals surface area contributed by atoms with Crippen LogP contribution in [0.2, 0.25) is 0 Å². The van der Waals surface area contributed by atoms with Gasteiger partial charge < -0.3 is 14.5 Å². The van der Waals surface area contributed by atoms with E-state index < -0.39 is 0 Å². The lowest BCUT2D eigenvalue weighted by molar-refractivity contribution is 0.266. The highest BCUT2D eigenvalue weighted by atomic mass is 79.9. The molecule has 2 aromatic rings. The number of halogens is 1. The van der Waals surface area contributed by atoms with E-state index in [0.717, 1.165) is 4.47 Å². The van der Waals surface area contributed by atoms with Crippen molar-refractivity contribution in [3.8, 4) is 11.5 Å². The van der Waals surface area contributed by atoms with Crippen molar-refractivity contribution in [2.24, 2.45) is 0 Å². The van der Waals surface area contributed by atoms with Crippen molar-refractivity contribution in [3.05, 3.63) is 56.9 Å². The fourth-order valence-electron chi connectivity index (χ4n) is 1.60. The van der Waals surface area contributed by atoms with Gasteiger partial charge in [-0.05, 0) is 41.1 Å². The molecule has 0 aliphatic rings. The van der Waals surface area contributed by atoms with Gasteiger partial charge in [0.2, 0.25) is 5.56 Å². The first-order valence-corrected chi connectivity index (χ1v) is 6.72. The molecule has 0 saturated carbocycles. The van der Waals surface area contributed by atoms with Gasteiger partial charge in [-0.1, -0.05) is 12.1 Å². The van der Waals surface area contributed by atoms with E-state index in [1.807, 2.05) is 31.2 Å². The van der Waals surface area contributed by atoms with Crippen LogP contribution in [0.25, 0.3) is 0 Å². The lowest BCUT2D eigenvalue weighted by Gasteiger charge is -2.12. The third-order valence-electron chi connectivity index (χ3n) is 2.46. The summed E-state index contributed by atoms with van der Waals surface area (Å²) in [6, 6.07) is 10.6. The van der Waals surface area contributed by atoms with Gasteiger partial charge in [-0.3, -0.25) is 4.79 Å². The predicted molar refractivity (Wildman–Crippen MR) is 76.7 cm³/mol. The molecule has 0 aliphatic heterocycles. The van der Waals surface area contributed by atoms with Crippen molar-refractivity contribution in [1.29, 1.82) is 0 Å². The van der Waals surface area contributed by atoms with Crippen molar-refractivity contribution in [1.82, 2.24) is 4.98 Å². The van der Waals surface area contributed by atoms with E-state index in [0.29, 0.717) is 23.8 Å². The number of rotatable bonds is 5. The summed E-state index contributed by atoms with van der Waals surface area (Å²) in [4.78, 5) is 14.0. The summed E-state index contributed by atoms with van der Waals surface area (Å²) in [5.41, 5.74) is 0.540. The average Bonchev–Trinajstić information content (AvgIpc) is 2.42. The molecule has 0 fully saturated rings. The highest BCUT2D eigenvalue weighted by Crippen LogP contribution is 2.27. The van der Waals surface area contributed by atoms with Crippen LogP contribution >= 0.6 is 15.9 Å². The molecule has 4 nitrogen and oxygen atoms in total. The number of aromatic nitrogens is 1. The Labute approximate surface area is 119 Å². The van der Waals surface area contributed by atoms with E-state index in [1.165, 1.54) is 6.07 Å². The first-order chi connectivity index (χ1) is 9.20. The van der Waals surface area contributed by atoms with Crippen LogP contribution in [-0.2, 0) is 6.61 Å². The van der Waals surface area contributed by atoms with Gasteiger partial charge in [-0.25, -0.2) is 0 Å². The molecule has 0 amide bonds. The van der Waals surface area contributed by atoms with Crippen molar-refractivity contribution in [2.45, 2.75) is 13.5 Å². The molecular formula is C14H14BrNO3. The third-order valence-corrected chi connectivity index (χ3v) is 3.21. The minimum atomic E-state index is -0.153. The number of hydrogen-bond acceptors (Lipinski definition) is 3. The molecule has 0 unspecified atom stereocenters. The average molecular weight is 324 g/mol. The number of para-hydroxylation sites is 2. The number of H-pyrrole nitrogens is 1. The first-order valence-electron chi connectivity index (χ1n) is 5.93. The van der Waals surface area contributed by atoms with Crippen LogP contribution in [0.15, 0.2) is 45.7 Å². The van der Waals surface area contributed by atoms with E-state index in [4.69, 9.17) is 9.47 Å². The van der Waals surface area contributed by atoms with E-state index in [-0.39, 0.29) is 12.2 Å². The monoisotopic (exact) mass is 323 g/mol. The predicted octanol–water partition coefficient (Wildman–Crippen LogP) is 3.12. The Bertz CT molecular complexity index is 610. The Kier molecular flexibility index (Phi) is 4.63. The Balaban J connectivity index is 2.14. The standard InChI is InChI=1S/C14H14BrNO3/c1-2-18-12-5-3-4-6-13(12)19-9-11-10(15)7-8-14(17)16-11/h3-8H,2,9H2,1H3,(H,16,17). The normalized spacial score (nSPS) is 10.2. The van der Waals surface area contributed by atoms with Crippen LogP contribution < -0.4 is 15.0 Å². The van der Waals surface area contributed by atoms with Crippen LogP contribution in [0.1, 0.15) is 12.6 Å². The van der Waals surface area contributed by atoms with Crippen molar-refractivity contribution >= 4 is 15.9 Å². The molecule has 5 heteroatoms.